The fraction of sp³-hybridized carbons (Fsp3) is 0.727. The van der Waals surface area contributed by atoms with E-state index in [2.05, 4.69) is 20.2 Å². The number of anilines is 1. The van der Waals surface area contributed by atoms with Crippen molar-refractivity contribution in [2.75, 3.05) is 18.5 Å². The Morgan fingerprint density at radius 2 is 1.93 bits per heavy atom. The molecule has 0 unspecified atom stereocenters. The van der Waals surface area contributed by atoms with Crippen LogP contribution in [0.3, 0.4) is 0 Å². The molecule has 2 amide bonds. The summed E-state index contributed by atoms with van der Waals surface area (Å²) < 4.78 is 5.42. The molecule has 1 aromatic heterocycles. The van der Waals surface area contributed by atoms with Gasteiger partial charge in [0.2, 0.25) is 11.9 Å². The number of nitrogens with one attached hydrogen (secondary N) is 1. The number of carbonyl (C=O) groups is 2. The molecule has 3 rings (SSSR count). The molecule has 1 saturated carbocycles. The molecule has 30 heavy (non-hydrogen) atoms. The van der Waals surface area contributed by atoms with Gasteiger partial charge in [-0.05, 0) is 58.9 Å². The molecule has 1 aliphatic heterocycles. The molecule has 2 aliphatic rings. The van der Waals surface area contributed by atoms with Gasteiger partial charge in [0.25, 0.3) is 0 Å². The summed E-state index contributed by atoms with van der Waals surface area (Å²) in [7, 11) is 1.69. The van der Waals surface area contributed by atoms with Crippen molar-refractivity contribution >= 4 is 17.9 Å². The van der Waals surface area contributed by atoms with Gasteiger partial charge in [0, 0.05) is 38.1 Å². The van der Waals surface area contributed by atoms with Crippen LogP contribution in [0.2, 0.25) is 0 Å². The molecule has 0 aromatic carbocycles. The van der Waals surface area contributed by atoms with E-state index in [9.17, 15) is 9.59 Å². The Morgan fingerprint density at radius 3 is 2.60 bits per heavy atom. The maximum absolute atomic E-state index is 13.2. The largest absolute Gasteiger partial charge is 0.444 e. The van der Waals surface area contributed by atoms with Gasteiger partial charge in [-0.15, -0.1) is 0 Å². The summed E-state index contributed by atoms with van der Waals surface area (Å²) in [6.07, 6.45) is 8.50. The molecule has 2 fully saturated rings. The third-order valence-corrected chi connectivity index (χ3v) is 6.09. The summed E-state index contributed by atoms with van der Waals surface area (Å²) in [5, 5.41) is 3.05. The molecule has 166 valence electrons. The molecule has 1 aliphatic carbocycles. The van der Waals surface area contributed by atoms with Crippen molar-refractivity contribution in [3.63, 3.8) is 0 Å². The smallest absolute Gasteiger partial charge is 0.410 e. The summed E-state index contributed by atoms with van der Waals surface area (Å²) in [4.78, 5) is 37.9. The molecule has 2 heterocycles. The van der Waals surface area contributed by atoms with E-state index in [-0.39, 0.29) is 18.0 Å². The average Bonchev–Trinajstić information content (AvgIpc) is 3.10. The van der Waals surface area contributed by atoms with Crippen molar-refractivity contribution in [3.05, 3.63) is 18.5 Å². The standard InChI is InChI=1S/C22H35N5O3/c1-15(26(5)21(29)30-22(2,3)4)14-25-19(28)18-13-16-9-6-7-10-17(16)27(18)20-23-11-8-12-24-20/h8,11-12,15-18H,6-7,9-10,13-14H2,1-5H3,(H,25,28)/t15-,16+,17+,18+/m1/s1. The molecule has 4 atom stereocenters. The van der Waals surface area contributed by atoms with Gasteiger partial charge in [0.15, 0.2) is 0 Å². The first kappa shape index (κ1) is 22.3. The third kappa shape index (κ3) is 5.21. The van der Waals surface area contributed by atoms with Crippen LogP contribution in [-0.2, 0) is 9.53 Å². The normalized spacial score (nSPS) is 24.7. The predicted octanol–water partition coefficient (Wildman–Crippen LogP) is 2.99. The number of hydrogen-bond donors (Lipinski definition) is 1. The van der Waals surface area contributed by atoms with E-state index in [0.717, 1.165) is 19.3 Å². The van der Waals surface area contributed by atoms with Gasteiger partial charge in [0.05, 0.1) is 0 Å². The van der Waals surface area contributed by atoms with Crippen molar-refractivity contribution in [1.82, 2.24) is 20.2 Å². The van der Waals surface area contributed by atoms with Crippen molar-refractivity contribution in [2.24, 2.45) is 5.92 Å². The molecule has 1 N–H and O–H groups in total. The third-order valence-electron chi connectivity index (χ3n) is 6.09. The van der Waals surface area contributed by atoms with E-state index >= 15 is 0 Å². The van der Waals surface area contributed by atoms with Crippen LogP contribution in [0.1, 0.15) is 59.8 Å². The topological polar surface area (TPSA) is 87.7 Å². The Morgan fingerprint density at radius 1 is 1.27 bits per heavy atom. The lowest BCUT2D eigenvalue weighted by molar-refractivity contribution is -0.122. The number of nitrogens with zero attached hydrogens (tertiary/aromatic N) is 4. The van der Waals surface area contributed by atoms with Crippen molar-refractivity contribution in [3.8, 4) is 0 Å². The van der Waals surface area contributed by atoms with Crippen LogP contribution in [0, 0.1) is 5.92 Å². The van der Waals surface area contributed by atoms with Crippen molar-refractivity contribution in [1.29, 1.82) is 0 Å². The van der Waals surface area contributed by atoms with E-state index in [1.807, 2.05) is 27.7 Å². The van der Waals surface area contributed by atoms with Gasteiger partial charge in [-0.2, -0.15) is 0 Å². The van der Waals surface area contributed by atoms with Gasteiger partial charge < -0.3 is 19.9 Å². The highest BCUT2D eigenvalue weighted by atomic mass is 16.6. The van der Waals surface area contributed by atoms with E-state index in [1.54, 1.807) is 25.5 Å². The van der Waals surface area contributed by atoms with Crippen LogP contribution in [0.15, 0.2) is 18.5 Å². The first-order valence-electron chi connectivity index (χ1n) is 11.0. The maximum Gasteiger partial charge on any atom is 0.410 e. The Hall–Kier alpha value is -2.38. The van der Waals surface area contributed by atoms with Crippen LogP contribution >= 0.6 is 0 Å². The molecule has 8 heteroatoms. The van der Waals surface area contributed by atoms with Crippen LogP contribution in [0.25, 0.3) is 0 Å². The number of aromatic nitrogens is 2. The number of rotatable bonds is 5. The van der Waals surface area contributed by atoms with Gasteiger partial charge in [-0.25, -0.2) is 14.8 Å². The second-order valence-corrected chi connectivity index (χ2v) is 9.50. The Bertz CT molecular complexity index is 736. The lowest BCUT2D eigenvalue weighted by atomic mass is 9.85. The van der Waals surface area contributed by atoms with Crippen LogP contribution < -0.4 is 10.2 Å². The summed E-state index contributed by atoms with van der Waals surface area (Å²) in [5.41, 5.74) is -0.551. The molecule has 0 bridgehead atoms. The monoisotopic (exact) mass is 417 g/mol. The van der Waals surface area contributed by atoms with Crippen LogP contribution in [-0.4, -0.2) is 64.2 Å². The fourth-order valence-electron chi connectivity index (χ4n) is 4.42. The van der Waals surface area contributed by atoms with E-state index < -0.39 is 11.7 Å². The summed E-state index contributed by atoms with van der Waals surface area (Å²) >= 11 is 0. The average molecular weight is 418 g/mol. The first-order valence-corrected chi connectivity index (χ1v) is 11.0. The van der Waals surface area contributed by atoms with Gasteiger partial charge in [0.1, 0.15) is 11.6 Å². The SMILES string of the molecule is C[C@H](CNC(=O)[C@@H]1C[C@@H]2CCCC[C@@H]2N1c1ncccn1)N(C)C(=O)OC(C)(C)C. The van der Waals surface area contributed by atoms with Gasteiger partial charge in [-0.1, -0.05) is 12.8 Å². The number of fused-ring (bicyclic) bond motifs is 1. The quantitative estimate of drug-likeness (QED) is 0.792. The van der Waals surface area contributed by atoms with Crippen LogP contribution in [0.4, 0.5) is 10.7 Å². The Labute approximate surface area is 179 Å². The minimum absolute atomic E-state index is 0.0266. The predicted molar refractivity (Wildman–Crippen MR) is 115 cm³/mol. The number of likely N-dealkylation sites (N-methyl/N-ethyl adjacent to an activating group) is 1. The molecule has 1 aromatic rings. The zero-order valence-electron chi connectivity index (χ0n) is 18.8. The van der Waals surface area contributed by atoms with Gasteiger partial charge >= 0.3 is 6.09 Å². The zero-order valence-corrected chi connectivity index (χ0v) is 18.8. The highest BCUT2D eigenvalue weighted by molar-refractivity contribution is 5.85. The number of carbonyl (C=O) groups excluding carboxylic acids is 2. The summed E-state index contributed by atoms with van der Waals surface area (Å²) in [5.74, 6) is 1.10. The zero-order chi connectivity index (χ0) is 21.9. The Balaban J connectivity index is 1.64. The maximum atomic E-state index is 13.2. The van der Waals surface area contributed by atoms with Crippen LogP contribution in [0.5, 0.6) is 0 Å². The number of hydrogen-bond acceptors (Lipinski definition) is 6. The van der Waals surface area contributed by atoms with E-state index in [4.69, 9.17) is 4.74 Å². The second kappa shape index (κ2) is 9.18. The molecule has 8 nitrogen and oxygen atoms in total. The molecule has 1 saturated heterocycles. The highest BCUT2D eigenvalue weighted by Crippen LogP contribution is 2.41. The highest BCUT2D eigenvalue weighted by Gasteiger charge is 2.46. The van der Waals surface area contributed by atoms with Crippen molar-refractivity contribution < 1.29 is 14.3 Å². The van der Waals surface area contributed by atoms with Gasteiger partial charge in [-0.3, -0.25) is 4.79 Å². The fourth-order valence-corrected chi connectivity index (χ4v) is 4.42. The first-order chi connectivity index (χ1) is 14.2. The van der Waals surface area contributed by atoms with E-state index in [1.165, 1.54) is 17.7 Å². The lowest BCUT2D eigenvalue weighted by Crippen LogP contribution is -2.51. The molecular formula is C22H35N5O3. The molecule has 0 radical (unpaired) electrons. The van der Waals surface area contributed by atoms with Crippen molar-refractivity contribution in [2.45, 2.75) is 83.5 Å². The number of ether oxygens (including phenoxy) is 1. The van der Waals surface area contributed by atoms with E-state index in [0.29, 0.717) is 24.5 Å². The Kier molecular flexibility index (Phi) is 6.83. The minimum atomic E-state index is -0.551. The number of amides is 2. The lowest BCUT2D eigenvalue weighted by Gasteiger charge is -2.33. The molecule has 0 spiro atoms. The minimum Gasteiger partial charge on any atom is -0.444 e. The summed E-state index contributed by atoms with van der Waals surface area (Å²) in [6.45, 7) is 7.78. The second-order valence-electron chi connectivity index (χ2n) is 9.50. The molecular weight excluding hydrogens is 382 g/mol. The summed E-state index contributed by atoms with van der Waals surface area (Å²) in [6, 6.07) is 1.65.